The molecule has 1 aromatic heterocycles. The highest BCUT2D eigenvalue weighted by Crippen LogP contribution is 2.26. The summed E-state index contributed by atoms with van der Waals surface area (Å²) in [4.78, 5) is 3.93. The number of aromatic nitrogens is 3. The van der Waals surface area contributed by atoms with Crippen LogP contribution in [0.1, 0.15) is 18.5 Å². The van der Waals surface area contributed by atoms with Gasteiger partial charge in [0.1, 0.15) is 18.4 Å². The van der Waals surface area contributed by atoms with E-state index in [1.54, 1.807) is 17.1 Å². The van der Waals surface area contributed by atoms with Gasteiger partial charge in [-0.3, -0.25) is 0 Å². The van der Waals surface area contributed by atoms with Gasteiger partial charge in [0.2, 0.25) is 0 Å². The lowest BCUT2D eigenvalue weighted by Crippen LogP contribution is -2.06. The predicted molar refractivity (Wildman–Crippen MR) is 81.5 cm³/mol. The van der Waals surface area contributed by atoms with Crippen molar-refractivity contribution in [1.82, 2.24) is 14.8 Å². The molecule has 0 aliphatic carbocycles. The first-order valence-corrected chi connectivity index (χ1v) is 6.73. The van der Waals surface area contributed by atoms with E-state index in [-0.39, 0.29) is 6.04 Å². The molecular formula is C16H16N4O. The van der Waals surface area contributed by atoms with Gasteiger partial charge in [-0.05, 0) is 37.3 Å². The van der Waals surface area contributed by atoms with E-state index < -0.39 is 0 Å². The van der Waals surface area contributed by atoms with Crippen LogP contribution in [0.25, 0.3) is 5.69 Å². The normalized spacial score (nSPS) is 12.0. The van der Waals surface area contributed by atoms with Crippen molar-refractivity contribution in [3.8, 4) is 11.4 Å². The molecule has 1 unspecified atom stereocenters. The second kappa shape index (κ2) is 5.66. The van der Waals surface area contributed by atoms with Crippen molar-refractivity contribution in [2.45, 2.75) is 13.0 Å². The minimum atomic E-state index is 0.0171. The van der Waals surface area contributed by atoms with Crippen molar-refractivity contribution in [2.24, 2.45) is 0 Å². The Bertz CT molecular complexity index is 707. The van der Waals surface area contributed by atoms with Gasteiger partial charge in [0.05, 0.1) is 11.7 Å². The van der Waals surface area contributed by atoms with Gasteiger partial charge >= 0.3 is 0 Å². The molecule has 3 aromatic rings. The Balaban J connectivity index is 1.75. The zero-order valence-corrected chi connectivity index (χ0v) is 11.6. The maximum absolute atomic E-state index is 9.87. The average Bonchev–Trinajstić information content (AvgIpc) is 3.02. The van der Waals surface area contributed by atoms with E-state index in [1.165, 1.54) is 6.33 Å². The van der Waals surface area contributed by atoms with E-state index in [9.17, 15) is 5.11 Å². The van der Waals surface area contributed by atoms with Crippen LogP contribution >= 0.6 is 0 Å². The van der Waals surface area contributed by atoms with Crippen molar-refractivity contribution >= 4 is 5.69 Å². The summed E-state index contributed by atoms with van der Waals surface area (Å²) in [6, 6.07) is 15.3. The highest BCUT2D eigenvalue weighted by Gasteiger charge is 2.09. The van der Waals surface area contributed by atoms with E-state index in [0.29, 0.717) is 5.75 Å². The zero-order valence-electron chi connectivity index (χ0n) is 11.6. The van der Waals surface area contributed by atoms with Crippen molar-refractivity contribution in [3.63, 3.8) is 0 Å². The van der Waals surface area contributed by atoms with Crippen LogP contribution in [0.2, 0.25) is 0 Å². The number of nitrogens with one attached hydrogen (secondary N) is 1. The van der Waals surface area contributed by atoms with Crippen LogP contribution < -0.4 is 5.32 Å². The molecule has 5 nitrogen and oxygen atoms in total. The number of rotatable bonds is 4. The average molecular weight is 280 g/mol. The Labute approximate surface area is 122 Å². The largest absolute Gasteiger partial charge is 0.508 e. The lowest BCUT2D eigenvalue weighted by molar-refractivity contribution is 0.465. The van der Waals surface area contributed by atoms with Crippen LogP contribution in [-0.2, 0) is 0 Å². The van der Waals surface area contributed by atoms with Crippen LogP contribution in [0.15, 0.2) is 61.2 Å². The summed E-state index contributed by atoms with van der Waals surface area (Å²) in [6.45, 7) is 2.01. The molecule has 0 aliphatic heterocycles. The first-order valence-electron chi connectivity index (χ1n) is 6.73. The summed E-state index contributed by atoms with van der Waals surface area (Å²) in [5, 5.41) is 17.3. The maximum atomic E-state index is 9.87. The van der Waals surface area contributed by atoms with Gasteiger partial charge in [-0.25, -0.2) is 9.67 Å². The van der Waals surface area contributed by atoms with Gasteiger partial charge in [-0.2, -0.15) is 5.10 Å². The van der Waals surface area contributed by atoms with Crippen LogP contribution in [0.5, 0.6) is 5.75 Å². The molecule has 3 rings (SSSR count). The molecule has 0 bridgehead atoms. The first-order chi connectivity index (χ1) is 10.2. The van der Waals surface area contributed by atoms with Crippen molar-refractivity contribution in [3.05, 3.63) is 66.7 Å². The number of hydrogen-bond acceptors (Lipinski definition) is 4. The molecule has 0 saturated carbocycles. The number of hydrogen-bond donors (Lipinski definition) is 2. The third-order valence-corrected chi connectivity index (χ3v) is 3.34. The molecule has 0 aliphatic rings. The number of para-hydroxylation sites is 1. The molecule has 0 fully saturated rings. The fraction of sp³-hybridized carbons (Fsp3) is 0.125. The van der Waals surface area contributed by atoms with Crippen molar-refractivity contribution in [2.75, 3.05) is 5.32 Å². The molecule has 0 spiro atoms. The molecule has 21 heavy (non-hydrogen) atoms. The monoisotopic (exact) mass is 280 g/mol. The summed E-state index contributed by atoms with van der Waals surface area (Å²) >= 11 is 0. The molecule has 0 amide bonds. The van der Waals surface area contributed by atoms with Crippen LogP contribution in [0.3, 0.4) is 0 Å². The zero-order chi connectivity index (χ0) is 14.7. The first kappa shape index (κ1) is 13.2. The summed E-state index contributed by atoms with van der Waals surface area (Å²) in [7, 11) is 0. The standard InChI is InChI=1S/C16H16N4O/c1-12(15-4-2-3-5-16(15)21)19-13-6-8-14(9-7-13)20-11-17-10-18-20/h2-12,19,21H,1H3. The van der Waals surface area contributed by atoms with Crippen LogP contribution in [0, 0.1) is 0 Å². The Morgan fingerprint density at radius 1 is 1.10 bits per heavy atom. The summed E-state index contributed by atoms with van der Waals surface area (Å²) in [5.41, 5.74) is 2.81. The predicted octanol–water partition coefficient (Wildman–Crippen LogP) is 3.15. The number of anilines is 1. The lowest BCUT2D eigenvalue weighted by atomic mass is 10.1. The summed E-state index contributed by atoms with van der Waals surface area (Å²) in [5.74, 6) is 0.303. The number of phenols is 1. The van der Waals surface area contributed by atoms with Crippen LogP contribution in [0.4, 0.5) is 5.69 Å². The third-order valence-electron chi connectivity index (χ3n) is 3.34. The Hall–Kier alpha value is -2.82. The van der Waals surface area contributed by atoms with Gasteiger partial charge in [-0.1, -0.05) is 18.2 Å². The van der Waals surface area contributed by atoms with E-state index in [4.69, 9.17) is 0 Å². The molecule has 2 aromatic carbocycles. The number of aromatic hydroxyl groups is 1. The molecule has 1 atom stereocenters. The Kier molecular flexibility index (Phi) is 3.55. The van der Waals surface area contributed by atoms with E-state index in [1.807, 2.05) is 49.4 Å². The SMILES string of the molecule is CC(Nc1ccc(-n2cncn2)cc1)c1ccccc1O. The van der Waals surface area contributed by atoms with Crippen molar-refractivity contribution in [1.29, 1.82) is 0 Å². The quantitative estimate of drug-likeness (QED) is 0.770. The van der Waals surface area contributed by atoms with Gasteiger partial charge < -0.3 is 10.4 Å². The number of nitrogens with zero attached hydrogens (tertiary/aromatic N) is 3. The van der Waals surface area contributed by atoms with Crippen molar-refractivity contribution < 1.29 is 5.11 Å². The van der Waals surface area contributed by atoms with Gasteiger partial charge in [0.15, 0.2) is 0 Å². The maximum Gasteiger partial charge on any atom is 0.138 e. The highest BCUT2D eigenvalue weighted by atomic mass is 16.3. The molecule has 5 heteroatoms. The minimum absolute atomic E-state index is 0.0171. The minimum Gasteiger partial charge on any atom is -0.508 e. The lowest BCUT2D eigenvalue weighted by Gasteiger charge is -2.17. The molecule has 2 N–H and O–H groups in total. The molecule has 0 radical (unpaired) electrons. The number of phenolic OH excluding ortho intramolecular Hbond substituents is 1. The Morgan fingerprint density at radius 3 is 2.52 bits per heavy atom. The number of benzene rings is 2. The second-order valence-electron chi connectivity index (χ2n) is 4.81. The topological polar surface area (TPSA) is 63.0 Å². The summed E-state index contributed by atoms with van der Waals surface area (Å²) in [6.07, 6.45) is 3.17. The molecular weight excluding hydrogens is 264 g/mol. The van der Waals surface area contributed by atoms with E-state index in [2.05, 4.69) is 15.4 Å². The molecule has 106 valence electrons. The van der Waals surface area contributed by atoms with Gasteiger partial charge in [0.25, 0.3) is 0 Å². The second-order valence-corrected chi connectivity index (χ2v) is 4.81. The fourth-order valence-electron chi connectivity index (χ4n) is 2.23. The van der Waals surface area contributed by atoms with Crippen LogP contribution in [-0.4, -0.2) is 19.9 Å². The highest BCUT2D eigenvalue weighted by molar-refractivity contribution is 5.50. The van der Waals surface area contributed by atoms with E-state index >= 15 is 0 Å². The Morgan fingerprint density at radius 2 is 1.86 bits per heavy atom. The fourth-order valence-corrected chi connectivity index (χ4v) is 2.23. The molecule has 1 heterocycles. The molecule has 0 saturated heterocycles. The van der Waals surface area contributed by atoms with E-state index in [0.717, 1.165) is 16.9 Å². The summed E-state index contributed by atoms with van der Waals surface area (Å²) < 4.78 is 1.70. The van der Waals surface area contributed by atoms with Gasteiger partial charge in [-0.15, -0.1) is 0 Å². The van der Waals surface area contributed by atoms with Gasteiger partial charge in [0, 0.05) is 11.3 Å². The third kappa shape index (κ3) is 2.86. The smallest absolute Gasteiger partial charge is 0.138 e.